The van der Waals surface area contributed by atoms with Crippen LogP contribution in [0.2, 0.25) is 0 Å². The first-order valence-corrected chi connectivity index (χ1v) is 6.89. The van der Waals surface area contributed by atoms with Crippen molar-refractivity contribution in [2.24, 2.45) is 0 Å². The van der Waals surface area contributed by atoms with Crippen molar-refractivity contribution >= 4 is 0 Å². The molecule has 0 heterocycles. The number of benzene rings is 1. The fourth-order valence-electron chi connectivity index (χ4n) is 1.92. The maximum absolute atomic E-state index is 11.9. The van der Waals surface area contributed by atoms with E-state index in [0.717, 1.165) is 18.4 Å². The molecule has 0 bridgehead atoms. The Hall–Kier alpha value is -1.07. The summed E-state index contributed by atoms with van der Waals surface area (Å²) in [5.41, 5.74) is 2.43. The van der Waals surface area contributed by atoms with E-state index in [1.165, 1.54) is 5.56 Å². The Balaban J connectivity index is 2.26. The highest BCUT2D eigenvalue weighted by molar-refractivity contribution is 5.24. The topological polar surface area (TPSA) is 21.3 Å². The molecule has 0 saturated carbocycles. The highest BCUT2D eigenvalue weighted by atomic mass is 19.4. The first kappa shape index (κ1) is 17.0. The minimum Gasteiger partial charge on any atom is -0.371 e. The number of ether oxygens (including phenoxy) is 1. The first-order valence-electron chi connectivity index (χ1n) is 6.89. The molecule has 1 unspecified atom stereocenters. The van der Waals surface area contributed by atoms with E-state index in [1.807, 2.05) is 6.92 Å². The summed E-state index contributed by atoms with van der Waals surface area (Å²) in [6.45, 7) is 3.39. The molecule has 0 aliphatic carbocycles. The van der Waals surface area contributed by atoms with Gasteiger partial charge in [0.15, 0.2) is 0 Å². The van der Waals surface area contributed by atoms with Gasteiger partial charge in [-0.1, -0.05) is 37.6 Å². The van der Waals surface area contributed by atoms with E-state index < -0.39 is 12.8 Å². The summed E-state index contributed by atoms with van der Waals surface area (Å²) in [7, 11) is 0. The average Bonchev–Trinajstić information content (AvgIpc) is 2.38. The molecule has 0 saturated heterocycles. The molecule has 1 aromatic carbocycles. The summed E-state index contributed by atoms with van der Waals surface area (Å²) in [5.74, 6) is 0. The fraction of sp³-hybridized carbons (Fsp3) is 0.600. The molecule has 0 radical (unpaired) electrons. The van der Waals surface area contributed by atoms with Gasteiger partial charge in [-0.05, 0) is 24.5 Å². The Morgan fingerprint density at radius 2 is 1.85 bits per heavy atom. The van der Waals surface area contributed by atoms with Crippen LogP contribution in [0.5, 0.6) is 0 Å². The molecule has 5 heteroatoms. The third kappa shape index (κ3) is 6.91. The maximum atomic E-state index is 11.9. The minimum atomic E-state index is -4.25. The Kier molecular flexibility index (Phi) is 7.02. The van der Waals surface area contributed by atoms with Crippen molar-refractivity contribution in [2.75, 3.05) is 19.8 Å². The van der Waals surface area contributed by atoms with Crippen molar-refractivity contribution in [2.45, 2.75) is 38.9 Å². The van der Waals surface area contributed by atoms with Crippen molar-refractivity contribution in [1.82, 2.24) is 5.32 Å². The van der Waals surface area contributed by atoms with Crippen LogP contribution in [0.1, 0.15) is 37.4 Å². The van der Waals surface area contributed by atoms with E-state index in [1.54, 1.807) is 0 Å². The molecule has 114 valence electrons. The van der Waals surface area contributed by atoms with E-state index in [9.17, 15) is 13.2 Å². The van der Waals surface area contributed by atoms with Crippen LogP contribution in [0.4, 0.5) is 13.2 Å². The Bertz CT molecular complexity index is 376. The summed E-state index contributed by atoms with van der Waals surface area (Å²) in [4.78, 5) is 0. The van der Waals surface area contributed by atoms with Gasteiger partial charge >= 0.3 is 6.18 Å². The van der Waals surface area contributed by atoms with Crippen LogP contribution >= 0.6 is 0 Å². The average molecular weight is 289 g/mol. The highest BCUT2D eigenvalue weighted by Crippen LogP contribution is 2.15. The third-order valence-electron chi connectivity index (χ3n) is 2.98. The predicted molar refractivity (Wildman–Crippen MR) is 73.7 cm³/mol. The summed E-state index contributed by atoms with van der Waals surface area (Å²) in [5, 5.41) is 3.14. The van der Waals surface area contributed by atoms with Gasteiger partial charge in [-0.15, -0.1) is 0 Å². The van der Waals surface area contributed by atoms with E-state index >= 15 is 0 Å². The molecule has 1 N–H and O–H groups in total. The number of hydrogen-bond acceptors (Lipinski definition) is 2. The van der Waals surface area contributed by atoms with E-state index in [4.69, 9.17) is 0 Å². The molecule has 20 heavy (non-hydrogen) atoms. The van der Waals surface area contributed by atoms with Crippen molar-refractivity contribution in [3.63, 3.8) is 0 Å². The largest absolute Gasteiger partial charge is 0.411 e. The Morgan fingerprint density at radius 3 is 2.40 bits per heavy atom. The number of rotatable bonds is 8. The van der Waals surface area contributed by atoms with Gasteiger partial charge < -0.3 is 10.1 Å². The molecule has 0 aliphatic heterocycles. The third-order valence-corrected chi connectivity index (χ3v) is 2.98. The van der Waals surface area contributed by atoms with Crippen molar-refractivity contribution in [1.29, 1.82) is 0 Å². The zero-order valence-electron chi connectivity index (χ0n) is 12.0. The number of nitrogens with one attached hydrogen (secondary N) is 1. The second kappa shape index (κ2) is 8.27. The summed E-state index contributed by atoms with van der Waals surface area (Å²) in [6, 6.07) is 8.40. The van der Waals surface area contributed by atoms with Gasteiger partial charge in [-0.2, -0.15) is 13.2 Å². The number of hydrogen-bond donors (Lipinski definition) is 1. The van der Waals surface area contributed by atoms with E-state index in [-0.39, 0.29) is 12.6 Å². The van der Waals surface area contributed by atoms with Gasteiger partial charge in [0.05, 0.1) is 6.61 Å². The molecule has 1 aromatic rings. The zero-order chi connectivity index (χ0) is 15.0. The van der Waals surface area contributed by atoms with Gasteiger partial charge in [-0.3, -0.25) is 0 Å². The van der Waals surface area contributed by atoms with Crippen LogP contribution in [0.15, 0.2) is 24.3 Å². The van der Waals surface area contributed by atoms with Crippen LogP contribution in [0, 0.1) is 0 Å². The summed E-state index contributed by atoms with van der Waals surface area (Å²) < 4.78 is 40.1. The van der Waals surface area contributed by atoms with Crippen LogP contribution in [0.25, 0.3) is 0 Å². The van der Waals surface area contributed by atoms with Crippen LogP contribution in [-0.4, -0.2) is 25.9 Å². The molecular weight excluding hydrogens is 267 g/mol. The van der Waals surface area contributed by atoms with Crippen molar-refractivity contribution < 1.29 is 17.9 Å². The number of alkyl halides is 3. The lowest BCUT2D eigenvalue weighted by Crippen LogP contribution is -2.26. The predicted octanol–water partition coefficient (Wildman–Crippen LogP) is 3.87. The fourth-order valence-corrected chi connectivity index (χ4v) is 1.92. The second-order valence-corrected chi connectivity index (χ2v) is 4.84. The van der Waals surface area contributed by atoms with Gasteiger partial charge in [0.25, 0.3) is 0 Å². The summed E-state index contributed by atoms with van der Waals surface area (Å²) >= 11 is 0. The zero-order valence-corrected chi connectivity index (χ0v) is 12.0. The molecule has 0 fully saturated rings. The lowest BCUT2D eigenvalue weighted by Gasteiger charge is -2.15. The molecule has 2 nitrogen and oxygen atoms in total. The van der Waals surface area contributed by atoms with E-state index in [2.05, 4.69) is 41.2 Å². The van der Waals surface area contributed by atoms with Crippen LogP contribution in [-0.2, 0) is 11.2 Å². The molecule has 0 spiro atoms. The van der Waals surface area contributed by atoms with Gasteiger partial charge in [0.2, 0.25) is 0 Å². The van der Waals surface area contributed by atoms with E-state index in [0.29, 0.717) is 6.54 Å². The number of aryl methyl sites for hydroxylation is 1. The second-order valence-electron chi connectivity index (χ2n) is 4.84. The molecule has 1 atom stereocenters. The van der Waals surface area contributed by atoms with Crippen molar-refractivity contribution in [3.05, 3.63) is 35.4 Å². The van der Waals surface area contributed by atoms with Crippen LogP contribution < -0.4 is 5.32 Å². The van der Waals surface area contributed by atoms with Gasteiger partial charge in [0.1, 0.15) is 6.61 Å². The van der Waals surface area contributed by atoms with Gasteiger partial charge in [-0.25, -0.2) is 0 Å². The normalized spacial score (nSPS) is 13.4. The van der Waals surface area contributed by atoms with Crippen LogP contribution in [0.3, 0.4) is 0 Å². The molecule has 1 rings (SSSR count). The minimum absolute atomic E-state index is 0.0533. The lowest BCUT2D eigenvalue weighted by atomic mass is 10.0. The SMILES string of the molecule is CCCc1ccc(C(C)NCCOCC(F)(F)F)cc1. The maximum Gasteiger partial charge on any atom is 0.411 e. The lowest BCUT2D eigenvalue weighted by molar-refractivity contribution is -0.173. The molecule has 0 aromatic heterocycles. The smallest absolute Gasteiger partial charge is 0.371 e. The quantitative estimate of drug-likeness (QED) is 0.734. The first-order chi connectivity index (χ1) is 9.42. The molecular formula is C15H22F3NO. The summed E-state index contributed by atoms with van der Waals surface area (Å²) in [6.07, 6.45) is -2.07. The number of halogens is 3. The highest BCUT2D eigenvalue weighted by Gasteiger charge is 2.27. The molecule has 0 aliphatic rings. The molecule has 0 amide bonds. The standard InChI is InChI=1S/C15H22F3NO/c1-3-4-13-5-7-14(8-6-13)12(2)19-9-10-20-11-15(16,17)18/h5-8,12,19H,3-4,9-11H2,1-2H3. The van der Waals surface area contributed by atoms with Gasteiger partial charge in [0, 0.05) is 12.6 Å². The Morgan fingerprint density at radius 1 is 1.20 bits per heavy atom. The Labute approximate surface area is 118 Å². The monoisotopic (exact) mass is 289 g/mol. The van der Waals surface area contributed by atoms with Crippen molar-refractivity contribution in [3.8, 4) is 0 Å².